The first-order chi connectivity index (χ1) is 16.6. The monoisotopic (exact) mass is 456 g/mol. The molecule has 0 saturated carbocycles. The van der Waals surface area contributed by atoms with Gasteiger partial charge in [0.05, 0.1) is 22.8 Å². The van der Waals surface area contributed by atoms with Crippen LogP contribution in [0.3, 0.4) is 0 Å². The van der Waals surface area contributed by atoms with E-state index in [9.17, 15) is 4.79 Å². The van der Waals surface area contributed by atoms with Gasteiger partial charge in [-0.2, -0.15) is 5.10 Å². The summed E-state index contributed by atoms with van der Waals surface area (Å²) in [6.07, 6.45) is 5.20. The highest BCUT2D eigenvalue weighted by Crippen LogP contribution is 2.30. The maximum atomic E-state index is 12.5. The van der Waals surface area contributed by atoms with Gasteiger partial charge in [0.2, 0.25) is 0 Å². The number of para-hydroxylation sites is 1. The molecule has 1 aromatic carbocycles. The lowest BCUT2D eigenvalue weighted by Gasteiger charge is -2.37. The van der Waals surface area contributed by atoms with E-state index in [1.807, 2.05) is 43.5 Å². The Bertz CT molecular complexity index is 1350. The Morgan fingerprint density at radius 1 is 1.00 bits per heavy atom. The first kappa shape index (κ1) is 21.0. The molecule has 2 aliphatic rings. The smallest absolute Gasteiger partial charge is 0.258 e. The van der Waals surface area contributed by atoms with E-state index in [0.717, 1.165) is 74.0 Å². The van der Waals surface area contributed by atoms with Gasteiger partial charge in [0, 0.05) is 31.6 Å². The number of hydrogen-bond acceptors (Lipinski definition) is 7. The Hall–Kier alpha value is -3.59. The first-order valence-electron chi connectivity index (χ1n) is 12.0. The van der Waals surface area contributed by atoms with Crippen LogP contribution in [-0.2, 0) is 0 Å². The Morgan fingerprint density at radius 2 is 1.85 bits per heavy atom. The fourth-order valence-corrected chi connectivity index (χ4v) is 5.29. The van der Waals surface area contributed by atoms with Gasteiger partial charge in [-0.1, -0.05) is 12.1 Å². The van der Waals surface area contributed by atoms with Crippen LogP contribution in [0.25, 0.3) is 22.4 Å². The summed E-state index contributed by atoms with van der Waals surface area (Å²) in [5.41, 5.74) is 2.68. The third-order valence-electron chi connectivity index (χ3n) is 7.16. The second kappa shape index (κ2) is 8.64. The Kier molecular flexibility index (Phi) is 5.33. The second-order valence-corrected chi connectivity index (χ2v) is 9.31. The number of H-pyrrole nitrogens is 2. The van der Waals surface area contributed by atoms with Crippen molar-refractivity contribution in [3.05, 3.63) is 64.6 Å². The second-order valence-electron chi connectivity index (χ2n) is 9.31. The summed E-state index contributed by atoms with van der Waals surface area (Å²) in [5.74, 6) is 2.53. The van der Waals surface area contributed by atoms with E-state index < -0.39 is 0 Å². The Balaban J connectivity index is 1.08. The van der Waals surface area contributed by atoms with E-state index in [1.54, 1.807) is 0 Å². The van der Waals surface area contributed by atoms with Crippen molar-refractivity contribution in [1.29, 1.82) is 0 Å². The maximum Gasteiger partial charge on any atom is 0.258 e. The van der Waals surface area contributed by atoms with Gasteiger partial charge in [0.1, 0.15) is 17.3 Å². The Morgan fingerprint density at radius 3 is 2.62 bits per heavy atom. The molecule has 0 aliphatic carbocycles. The van der Waals surface area contributed by atoms with Crippen LogP contribution >= 0.6 is 0 Å². The van der Waals surface area contributed by atoms with E-state index in [4.69, 9.17) is 4.98 Å². The fraction of sp³-hybridized carbons (Fsp3) is 0.400. The minimum atomic E-state index is -0.0369. The third-order valence-corrected chi connectivity index (χ3v) is 7.16. The van der Waals surface area contributed by atoms with Gasteiger partial charge >= 0.3 is 0 Å². The number of aryl methyl sites for hydroxylation is 1. The molecule has 0 spiro atoms. The lowest BCUT2D eigenvalue weighted by Crippen LogP contribution is -2.44. The molecule has 3 aromatic heterocycles. The fourth-order valence-electron chi connectivity index (χ4n) is 5.29. The molecule has 174 valence electrons. The molecule has 9 heteroatoms. The molecule has 0 radical (unpaired) electrons. The number of pyridine rings is 1. The number of anilines is 1. The molecular formula is C25H28N8O. The SMILES string of the molecule is Cc1nc(-c2ccc(N3CCC(N4CCC(c5nc6ccccc6c(=O)[nH]5)C4)CC3)cn2)n[nH]1. The van der Waals surface area contributed by atoms with Crippen molar-refractivity contribution in [2.24, 2.45) is 0 Å². The van der Waals surface area contributed by atoms with Crippen molar-refractivity contribution in [1.82, 2.24) is 35.0 Å². The minimum Gasteiger partial charge on any atom is -0.370 e. The average Bonchev–Trinajstić information content (AvgIpc) is 3.54. The topological polar surface area (TPSA) is 107 Å². The molecule has 6 rings (SSSR count). The molecule has 0 amide bonds. The number of piperidine rings is 1. The molecule has 34 heavy (non-hydrogen) atoms. The molecule has 4 aromatic rings. The van der Waals surface area contributed by atoms with E-state index in [2.05, 4.69) is 41.0 Å². The van der Waals surface area contributed by atoms with Crippen molar-refractivity contribution >= 4 is 16.6 Å². The molecule has 0 bridgehead atoms. The van der Waals surface area contributed by atoms with Crippen molar-refractivity contribution in [2.75, 3.05) is 31.1 Å². The summed E-state index contributed by atoms with van der Waals surface area (Å²) in [7, 11) is 0. The quantitative estimate of drug-likeness (QED) is 0.486. The lowest BCUT2D eigenvalue weighted by atomic mass is 10.0. The van der Waals surface area contributed by atoms with Crippen LogP contribution in [0.1, 0.15) is 36.8 Å². The van der Waals surface area contributed by atoms with Crippen LogP contribution in [0, 0.1) is 6.92 Å². The van der Waals surface area contributed by atoms with Crippen LogP contribution in [0.15, 0.2) is 47.4 Å². The van der Waals surface area contributed by atoms with Gasteiger partial charge in [0.25, 0.3) is 5.56 Å². The van der Waals surface area contributed by atoms with Crippen molar-refractivity contribution in [3.8, 4) is 11.5 Å². The highest BCUT2D eigenvalue weighted by atomic mass is 16.1. The lowest BCUT2D eigenvalue weighted by molar-refractivity contribution is 0.205. The molecule has 1 atom stereocenters. The third kappa shape index (κ3) is 3.96. The van der Waals surface area contributed by atoms with E-state index in [1.165, 1.54) is 0 Å². The molecule has 5 heterocycles. The number of nitrogens with zero attached hydrogens (tertiary/aromatic N) is 6. The molecule has 2 fully saturated rings. The number of nitrogens with one attached hydrogen (secondary N) is 2. The zero-order valence-electron chi connectivity index (χ0n) is 19.2. The summed E-state index contributed by atoms with van der Waals surface area (Å²) >= 11 is 0. The zero-order chi connectivity index (χ0) is 23.1. The van der Waals surface area contributed by atoms with E-state index in [0.29, 0.717) is 17.3 Å². The molecule has 9 nitrogen and oxygen atoms in total. The van der Waals surface area contributed by atoms with E-state index >= 15 is 0 Å². The highest BCUT2D eigenvalue weighted by Gasteiger charge is 2.32. The van der Waals surface area contributed by atoms with Crippen LogP contribution in [0.4, 0.5) is 5.69 Å². The highest BCUT2D eigenvalue weighted by molar-refractivity contribution is 5.77. The first-order valence-corrected chi connectivity index (χ1v) is 12.0. The summed E-state index contributed by atoms with van der Waals surface area (Å²) in [6, 6.07) is 12.2. The average molecular weight is 457 g/mol. The molecule has 2 N–H and O–H groups in total. The number of likely N-dealkylation sites (tertiary alicyclic amines) is 1. The summed E-state index contributed by atoms with van der Waals surface area (Å²) in [4.78, 5) is 34.2. The molecule has 2 saturated heterocycles. The maximum absolute atomic E-state index is 12.5. The molecule has 1 unspecified atom stereocenters. The zero-order valence-corrected chi connectivity index (χ0v) is 19.2. The van der Waals surface area contributed by atoms with Crippen LogP contribution in [0.5, 0.6) is 0 Å². The molecular weight excluding hydrogens is 428 g/mol. The van der Waals surface area contributed by atoms with Crippen LogP contribution in [-0.4, -0.2) is 67.3 Å². The number of aromatic nitrogens is 6. The van der Waals surface area contributed by atoms with Gasteiger partial charge in [-0.3, -0.25) is 19.8 Å². The van der Waals surface area contributed by atoms with Gasteiger partial charge < -0.3 is 9.88 Å². The van der Waals surface area contributed by atoms with E-state index in [-0.39, 0.29) is 11.5 Å². The summed E-state index contributed by atoms with van der Waals surface area (Å²) < 4.78 is 0. The number of benzene rings is 1. The van der Waals surface area contributed by atoms with Crippen LogP contribution < -0.4 is 10.5 Å². The van der Waals surface area contributed by atoms with Crippen molar-refractivity contribution < 1.29 is 0 Å². The van der Waals surface area contributed by atoms with Gasteiger partial charge in [-0.15, -0.1) is 0 Å². The number of rotatable bonds is 4. The van der Waals surface area contributed by atoms with Crippen molar-refractivity contribution in [2.45, 2.75) is 38.1 Å². The van der Waals surface area contributed by atoms with Gasteiger partial charge in [-0.05, 0) is 57.0 Å². The number of aromatic amines is 2. The van der Waals surface area contributed by atoms with Gasteiger partial charge in [-0.25, -0.2) is 9.97 Å². The van der Waals surface area contributed by atoms with Crippen molar-refractivity contribution in [3.63, 3.8) is 0 Å². The normalized spacial score (nSPS) is 19.8. The predicted molar refractivity (Wildman–Crippen MR) is 131 cm³/mol. The summed E-state index contributed by atoms with van der Waals surface area (Å²) in [6.45, 7) is 5.92. The number of hydrogen-bond donors (Lipinski definition) is 2. The number of fused-ring (bicyclic) bond motifs is 1. The minimum absolute atomic E-state index is 0.0369. The van der Waals surface area contributed by atoms with Crippen LogP contribution in [0.2, 0.25) is 0 Å². The van der Waals surface area contributed by atoms with Gasteiger partial charge in [0.15, 0.2) is 5.82 Å². The predicted octanol–water partition coefficient (Wildman–Crippen LogP) is 2.87. The Labute approximate surface area is 197 Å². The summed E-state index contributed by atoms with van der Waals surface area (Å²) in [5, 5.41) is 7.71. The largest absolute Gasteiger partial charge is 0.370 e. The molecule has 2 aliphatic heterocycles. The standard InChI is InChI=1S/C25H28N8O/c1-16-27-24(31-30-16)22-7-6-19(14-26-22)32-12-9-18(10-13-32)33-11-8-17(15-33)23-28-21-5-3-2-4-20(21)25(34)29-23/h2-7,14,17-18H,8-13,15H2,1H3,(H,27,30,31)(H,28,29,34).